The molecule has 0 saturated carbocycles. The number of carbonyl (C=O) groups is 1. The molecule has 1 aliphatic heterocycles. The van der Waals surface area contributed by atoms with E-state index in [4.69, 9.17) is 4.74 Å². The fourth-order valence-corrected chi connectivity index (χ4v) is 2.49. The lowest BCUT2D eigenvalue weighted by Gasteiger charge is -2.38. The number of piperidine rings is 1. The first-order valence-corrected chi connectivity index (χ1v) is 7.37. The van der Waals surface area contributed by atoms with E-state index in [0.717, 1.165) is 5.56 Å². The van der Waals surface area contributed by atoms with Crippen molar-refractivity contribution in [3.05, 3.63) is 30.1 Å². The Balaban J connectivity index is 1.89. The molecule has 21 heavy (non-hydrogen) atoms. The van der Waals surface area contributed by atoms with E-state index in [1.165, 1.54) is 0 Å². The molecule has 1 aromatic rings. The smallest absolute Gasteiger partial charge is 0.410 e. The number of aliphatic hydroxyl groups is 1. The zero-order valence-electron chi connectivity index (χ0n) is 13.0. The minimum absolute atomic E-state index is 0.298. The lowest BCUT2D eigenvalue weighted by molar-refractivity contribution is -0.0315. The molecule has 2 heterocycles. The van der Waals surface area contributed by atoms with Gasteiger partial charge in [0.2, 0.25) is 0 Å². The average molecular weight is 292 g/mol. The van der Waals surface area contributed by atoms with Crippen molar-refractivity contribution >= 4 is 6.09 Å². The van der Waals surface area contributed by atoms with Crippen molar-refractivity contribution in [1.29, 1.82) is 0 Å². The van der Waals surface area contributed by atoms with E-state index in [9.17, 15) is 9.90 Å². The quantitative estimate of drug-likeness (QED) is 0.909. The number of aromatic nitrogens is 1. The fraction of sp³-hybridized carbons (Fsp3) is 0.625. The topological polar surface area (TPSA) is 62.7 Å². The molecule has 5 nitrogen and oxygen atoms in total. The highest BCUT2D eigenvalue weighted by Crippen LogP contribution is 2.27. The van der Waals surface area contributed by atoms with E-state index in [1.54, 1.807) is 17.3 Å². The van der Waals surface area contributed by atoms with E-state index < -0.39 is 11.2 Å². The van der Waals surface area contributed by atoms with Crippen LogP contribution in [0.1, 0.15) is 39.2 Å². The summed E-state index contributed by atoms with van der Waals surface area (Å²) in [7, 11) is 0. The van der Waals surface area contributed by atoms with Gasteiger partial charge in [-0.05, 0) is 51.3 Å². The van der Waals surface area contributed by atoms with Gasteiger partial charge in [0.05, 0.1) is 5.60 Å². The lowest BCUT2D eigenvalue weighted by Crippen LogP contribution is -2.49. The number of pyridine rings is 1. The van der Waals surface area contributed by atoms with Gasteiger partial charge in [-0.1, -0.05) is 0 Å². The number of hydrogen-bond donors (Lipinski definition) is 1. The second-order valence-corrected chi connectivity index (χ2v) is 6.72. The van der Waals surface area contributed by atoms with Gasteiger partial charge in [0.15, 0.2) is 0 Å². The minimum atomic E-state index is -0.750. The van der Waals surface area contributed by atoms with Crippen LogP contribution in [0, 0.1) is 0 Å². The molecule has 1 N–H and O–H groups in total. The first-order valence-electron chi connectivity index (χ1n) is 7.37. The van der Waals surface area contributed by atoms with Crippen LogP contribution < -0.4 is 0 Å². The summed E-state index contributed by atoms with van der Waals surface area (Å²) in [6.45, 7) is 6.62. The molecule has 0 aliphatic carbocycles. The summed E-state index contributed by atoms with van der Waals surface area (Å²) >= 11 is 0. The predicted octanol–water partition coefficient (Wildman–Crippen LogP) is 2.39. The van der Waals surface area contributed by atoms with Gasteiger partial charge in [-0.15, -0.1) is 0 Å². The lowest BCUT2D eigenvalue weighted by atomic mass is 9.86. The normalized spacial score (nSPS) is 18.4. The Hall–Kier alpha value is -1.62. The SMILES string of the molecule is CC(C)(C)OC(=O)N1CCC(O)(Cc2ccncc2)CC1. The molecule has 1 saturated heterocycles. The summed E-state index contributed by atoms with van der Waals surface area (Å²) in [6, 6.07) is 3.83. The maximum absolute atomic E-state index is 12.0. The number of amides is 1. The highest BCUT2D eigenvalue weighted by Gasteiger charge is 2.35. The summed E-state index contributed by atoms with van der Waals surface area (Å²) < 4.78 is 5.36. The fourth-order valence-electron chi connectivity index (χ4n) is 2.49. The Morgan fingerprint density at radius 1 is 1.33 bits per heavy atom. The van der Waals surface area contributed by atoms with Crippen molar-refractivity contribution in [1.82, 2.24) is 9.88 Å². The van der Waals surface area contributed by atoms with Crippen LogP contribution in [0.25, 0.3) is 0 Å². The summed E-state index contributed by atoms with van der Waals surface area (Å²) in [6.07, 6.45) is 4.89. The van der Waals surface area contributed by atoms with Crippen LogP contribution in [-0.2, 0) is 11.2 Å². The van der Waals surface area contributed by atoms with Crippen molar-refractivity contribution in [3.8, 4) is 0 Å². The monoisotopic (exact) mass is 292 g/mol. The first-order chi connectivity index (χ1) is 9.77. The highest BCUT2D eigenvalue weighted by molar-refractivity contribution is 5.68. The van der Waals surface area contributed by atoms with Crippen LogP contribution >= 0.6 is 0 Å². The second-order valence-electron chi connectivity index (χ2n) is 6.72. The molecule has 0 aromatic carbocycles. The number of rotatable bonds is 2. The Labute approximate surface area is 125 Å². The maximum Gasteiger partial charge on any atom is 0.410 e. The van der Waals surface area contributed by atoms with Crippen molar-refractivity contribution in [2.75, 3.05) is 13.1 Å². The molecule has 1 aromatic heterocycles. The molecule has 1 fully saturated rings. The van der Waals surface area contributed by atoms with Crippen LogP contribution in [-0.4, -0.2) is 45.4 Å². The van der Waals surface area contributed by atoms with Crippen molar-refractivity contribution < 1.29 is 14.6 Å². The van der Waals surface area contributed by atoms with E-state index in [0.29, 0.717) is 32.4 Å². The van der Waals surface area contributed by atoms with Crippen LogP contribution in [0.2, 0.25) is 0 Å². The van der Waals surface area contributed by atoms with Crippen molar-refractivity contribution in [2.24, 2.45) is 0 Å². The Morgan fingerprint density at radius 3 is 2.43 bits per heavy atom. The molecule has 0 bridgehead atoms. The number of ether oxygens (including phenoxy) is 1. The highest BCUT2D eigenvalue weighted by atomic mass is 16.6. The molecule has 116 valence electrons. The molecule has 1 aliphatic rings. The summed E-state index contributed by atoms with van der Waals surface area (Å²) in [5.41, 5.74) is -0.167. The molecule has 0 atom stereocenters. The number of hydrogen-bond acceptors (Lipinski definition) is 4. The summed E-state index contributed by atoms with van der Waals surface area (Å²) in [5.74, 6) is 0. The van der Waals surface area contributed by atoms with Crippen LogP contribution in [0.4, 0.5) is 4.79 Å². The van der Waals surface area contributed by atoms with E-state index in [2.05, 4.69) is 4.98 Å². The molecule has 0 spiro atoms. The molecule has 1 amide bonds. The van der Waals surface area contributed by atoms with Crippen LogP contribution in [0.15, 0.2) is 24.5 Å². The molecule has 0 unspecified atom stereocenters. The van der Waals surface area contributed by atoms with Crippen molar-refractivity contribution in [3.63, 3.8) is 0 Å². The van der Waals surface area contributed by atoms with Crippen molar-refractivity contribution in [2.45, 2.75) is 51.2 Å². The largest absolute Gasteiger partial charge is 0.444 e. The first kappa shape index (κ1) is 15.8. The van der Waals surface area contributed by atoms with Gasteiger partial charge in [-0.3, -0.25) is 4.98 Å². The third kappa shape index (κ3) is 4.70. The Morgan fingerprint density at radius 2 is 1.90 bits per heavy atom. The molecule has 2 rings (SSSR count). The van der Waals surface area contributed by atoms with Gasteiger partial charge in [0.1, 0.15) is 5.60 Å². The van der Waals surface area contributed by atoms with E-state index in [1.807, 2.05) is 32.9 Å². The molecular weight excluding hydrogens is 268 g/mol. The zero-order chi connectivity index (χ0) is 15.5. The zero-order valence-corrected chi connectivity index (χ0v) is 13.0. The summed E-state index contributed by atoms with van der Waals surface area (Å²) in [5, 5.41) is 10.7. The van der Waals surface area contributed by atoms with Gasteiger partial charge >= 0.3 is 6.09 Å². The van der Waals surface area contributed by atoms with Gasteiger partial charge in [0.25, 0.3) is 0 Å². The molecule has 5 heteroatoms. The van der Waals surface area contributed by atoms with E-state index in [-0.39, 0.29) is 6.09 Å². The van der Waals surface area contributed by atoms with Crippen LogP contribution in [0.5, 0.6) is 0 Å². The number of nitrogens with zero attached hydrogens (tertiary/aromatic N) is 2. The Bertz CT molecular complexity index is 474. The number of likely N-dealkylation sites (tertiary alicyclic amines) is 1. The predicted molar refractivity (Wildman–Crippen MR) is 79.9 cm³/mol. The standard InChI is InChI=1S/C16H24N2O3/c1-15(2,3)21-14(19)18-10-6-16(20,7-11-18)12-13-4-8-17-9-5-13/h4-5,8-9,20H,6-7,10-12H2,1-3H3. The Kier molecular flexibility index (Phi) is 4.52. The number of carbonyl (C=O) groups excluding carboxylic acids is 1. The third-order valence-electron chi connectivity index (χ3n) is 3.63. The van der Waals surface area contributed by atoms with E-state index >= 15 is 0 Å². The minimum Gasteiger partial charge on any atom is -0.444 e. The molecular formula is C16H24N2O3. The van der Waals surface area contributed by atoms with Crippen LogP contribution in [0.3, 0.4) is 0 Å². The third-order valence-corrected chi connectivity index (χ3v) is 3.63. The molecule has 0 radical (unpaired) electrons. The maximum atomic E-state index is 12.0. The average Bonchev–Trinajstić information content (AvgIpc) is 2.38. The van der Waals surface area contributed by atoms with Gasteiger partial charge in [-0.2, -0.15) is 0 Å². The van der Waals surface area contributed by atoms with Gasteiger partial charge < -0.3 is 14.7 Å². The second kappa shape index (κ2) is 6.02. The van der Waals surface area contributed by atoms with Gasteiger partial charge in [-0.25, -0.2) is 4.79 Å². The van der Waals surface area contributed by atoms with Gasteiger partial charge in [0, 0.05) is 31.9 Å². The summed E-state index contributed by atoms with van der Waals surface area (Å²) in [4.78, 5) is 17.6.